The number of nitrogens with one attached hydrogen (secondary N) is 2. The fourth-order valence-corrected chi connectivity index (χ4v) is 3.79. The van der Waals surface area contributed by atoms with Crippen LogP contribution < -0.4 is 20.3 Å². The van der Waals surface area contributed by atoms with Crippen molar-refractivity contribution < 1.29 is 4.74 Å². The van der Waals surface area contributed by atoms with Crippen LogP contribution in [0, 0.1) is 0 Å². The van der Waals surface area contributed by atoms with Crippen LogP contribution in [-0.4, -0.2) is 69.8 Å². The van der Waals surface area contributed by atoms with Crippen molar-refractivity contribution in [3.8, 4) is 5.75 Å². The van der Waals surface area contributed by atoms with Crippen LogP contribution in [0.4, 0.5) is 5.69 Å². The highest BCUT2D eigenvalue weighted by atomic mass is 127. The molecule has 158 valence electrons. The first kappa shape index (κ1) is 23.3. The third-order valence-electron chi connectivity index (χ3n) is 5.62. The van der Waals surface area contributed by atoms with E-state index in [0.29, 0.717) is 12.1 Å². The number of likely N-dealkylation sites (N-methyl/N-ethyl adjacent to an activating group) is 1. The summed E-state index contributed by atoms with van der Waals surface area (Å²) in [7, 11) is 5.74. The van der Waals surface area contributed by atoms with E-state index in [1.807, 2.05) is 25.2 Å². The van der Waals surface area contributed by atoms with Gasteiger partial charge in [-0.25, -0.2) is 0 Å². The molecule has 1 aromatic rings. The first-order valence-corrected chi connectivity index (χ1v) is 10.2. The molecule has 0 radical (unpaired) electrons. The van der Waals surface area contributed by atoms with Gasteiger partial charge in [-0.3, -0.25) is 9.89 Å². The Kier molecular flexibility index (Phi) is 8.95. The normalized spacial score (nSPS) is 20.7. The number of hydrogen-bond acceptors (Lipinski definition) is 4. The van der Waals surface area contributed by atoms with Crippen molar-refractivity contribution in [2.45, 2.75) is 44.3 Å². The number of ether oxygens (including phenoxy) is 1. The summed E-state index contributed by atoms with van der Waals surface area (Å²) in [5, 5.41) is 7.77. The lowest BCUT2D eigenvalue weighted by molar-refractivity contribution is 0.247. The van der Waals surface area contributed by atoms with Gasteiger partial charge in [0.15, 0.2) is 5.96 Å². The molecule has 0 bridgehead atoms. The van der Waals surface area contributed by atoms with Crippen molar-refractivity contribution in [2.75, 3.05) is 45.7 Å². The van der Waals surface area contributed by atoms with Gasteiger partial charge in [0.25, 0.3) is 0 Å². The van der Waals surface area contributed by atoms with Crippen molar-refractivity contribution in [1.29, 1.82) is 0 Å². The second-order valence-corrected chi connectivity index (χ2v) is 8.03. The molecule has 1 aliphatic carbocycles. The van der Waals surface area contributed by atoms with Crippen molar-refractivity contribution in [3.63, 3.8) is 0 Å². The molecule has 1 heterocycles. The van der Waals surface area contributed by atoms with Crippen molar-refractivity contribution in [2.24, 2.45) is 4.99 Å². The number of halogens is 2. The molecule has 2 atom stereocenters. The Hall–Kier alpha value is -0.930. The smallest absolute Gasteiger partial charge is 0.191 e. The van der Waals surface area contributed by atoms with Crippen LogP contribution >= 0.6 is 35.6 Å². The van der Waals surface area contributed by atoms with Gasteiger partial charge in [-0.2, -0.15) is 0 Å². The lowest BCUT2D eigenvalue weighted by atomic mass is 10.2. The first-order valence-electron chi connectivity index (χ1n) is 9.79. The zero-order valence-electron chi connectivity index (χ0n) is 17.2. The van der Waals surface area contributed by atoms with Gasteiger partial charge in [-0.1, -0.05) is 11.6 Å². The molecule has 2 fully saturated rings. The van der Waals surface area contributed by atoms with E-state index in [-0.39, 0.29) is 24.0 Å². The van der Waals surface area contributed by atoms with Crippen molar-refractivity contribution in [1.82, 2.24) is 15.5 Å². The summed E-state index contributed by atoms with van der Waals surface area (Å²) in [4.78, 5) is 9.18. The van der Waals surface area contributed by atoms with Crippen LogP contribution in [0.25, 0.3) is 0 Å². The molecule has 1 aliphatic heterocycles. The Bertz CT molecular complexity index is 670. The largest absolute Gasteiger partial charge is 0.495 e. The second kappa shape index (κ2) is 10.7. The van der Waals surface area contributed by atoms with Gasteiger partial charge in [0.05, 0.1) is 12.8 Å². The molecule has 0 amide bonds. The summed E-state index contributed by atoms with van der Waals surface area (Å²) in [5.74, 6) is 1.73. The highest BCUT2D eigenvalue weighted by Crippen LogP contribution is 2.33. The van der Waals surface area contributed by atoms with Crippen LogP contribution in [0.2, 0.25) is 5.02 Å². The van der Waals surface area contributed by atoms with Crippen LogP contribution in [0.3, 0.4) is 0 Å². The van der Waals surface area contributed by atoms with Gasteiger partial charge in [0.1, 0.15) is 5.75 Å². The summed E-state index contributed by atoms with van der Waals surface area (Å²) in [6.45, 7) is 5.02. The van der Waals surface area contributed by atoms with Gasteiger partial charge in [-0.15, -0.1) is 24.0 Å². The number of nitrogens with zero attached hydrogens (tertiary/aromatic N) is 3. The summed E-state index contributed by atoms with van der Waals surface area (Å²) in [5.41, 5.74) is 1.05. The Labute approximate surface area is 191 Å². The predicted octanol–water partition coefficient (Wildman–Crippen LogP) is 3.19. The average molecular weight is 522 g/mol. The summed E-state index contributed by atoms with van der Waals surface area (Å²) in [6, 6.07) is 7.37. The molecular weight excluding hydrogens is 489 g/mol. The molecule has 2 unspecified atom stereocenters. The number of guanidine groups is 1. The Morgan fingerprint density at radius 2 is 2.14 bits per heavy atom. The molecule has 0 spiro atoms. The topological polar surface area (TPSA) is 52.1 Å². The minimum Gasteiger partial charge on any atom is -0.495 e. The second-order valence-electron chi connectivity index (χ2n) is 7.59. The van der Waals surface area contributed by atoms with E-state index in [0.717, 1.165) is 54.5 Å². The highest BCUT2D eigenvalue weighted by Gasteiger charge is 2.29. The fraction of sp³-hybridized carbons (Fsp3) is 0.650. The molecule has 6 nitrogen and oxygen atoms in total. The van der Waals surface area contributed by atoms with Gasteiger partial charge in [-0.05, 0) is 51.4 Å². The Balaban J connectivity index is 0.00000280. The van der Waals surface area contributed by atoms with E-state index in [9.17, 15) is 0 Å². The standard InChI is InChI=1S/C20H32ClN5O.HI/c1-14(25(3)17-6-7-17)12-23-20(22-2)24-16-9-10-26(13-16)18-11-15(21)5-8-19(18)27-4;/h5,8,11,14,16-17H,6-7,9-10,12-13H2,1-4H3,(H2,22,23,24);1H. The van der Waals surface area contributed by atoms with E-state index in [1.165, 1.54) is 12.8 Å². The SMILES string of the molecule is CN=C(NCC(C)N(C)C1CC1)NC1CCN(c2cc(Cl)ccc2OC)C1.I. The van der Waals surface area contributed by atoms with E-state index >= 15 is 0 Å². The van der Waals surface area contributed by atoms with Gasteiger partial charge < -0.3 is 20.3 Å². The predicted molar refractivity (Wildman–Crippen MR) is 129 cm³/mol. The van der Waals surface area contributed by atoms with Crippen molar-refractivity contribution in [3.05, 3.63) is 23.2 Å². The van der Waals surface area contributed by atoms with E-state index in [4.69, 9.17) is 16.3 Å². The molecule has 2 N–H and O–H groups in total. The lowest BCUT2D eigenvalue weighted by Gasteiger charge is -2.26. The van der Waals surface area contributed by atoms with Gasteiger partial charge >= 0.3 is 0 Å². The Morgan fingerprint density at radius 3 is 2.79 bits per heavy atom. The number of methoxy groups -OCH3 is 1. The molecule has 2 aliphatic rings. The lowest BCUT2D eigenvalue weighted by Crippen LogP contribution is -2.48. The quantitative estimate of drug-likeness (QED) is 0.328. The minimum atomic E-state index is 0. The molecule has 28 heavy (non-hydrogen) atoms. The zero-order chi connectivity index (χ0) is 19.4. The van der Waals surface area contributed by atoms with E-state index < -0.39 is 0 Å². The number of rotatable bonds is 7. The van der Waals surface area contributed by atoms with E-state index in [1.54, 1.807) is 7.11 Å². The van der Waals surface area contributed by atoms with Crippen LogP contribution in [0.15, 0.2) is 23.2 Å². The first-order chi connectivity index (χ1) is 13.0. The minimum absolute atomic E-state index is 0. The van der Waals surface area contributed by atoms with Crippen molar-refractivity contribution >= 4 is 47.2 Å². The van der Waals surface area contributed by atoms with Gasteiger partial charge in [0, 0.05) is 49.8 Å². The highest BCUT2D eigenvalue weighted by molar-refractivity contribution is 14.0. The third kappa shape index (κ3) is 6.03. The number of hydrogen-bond donors (Lipinski definition) is 2. The molecular formula is C20H33ClIN5O. The number of aliphatic imine (C=N–C) groups is 1. The maximum atomic E-state index is 6.19. The monoisotopic (exact) mass is 521 g/mol. The van der Waals surface area contributed by atoms with Crippen LogP contribution in [-0.2, 0) is 0 Å². The van der Waals surface area contributed by atoms with Gasteiger partial charge in [0.2, 0.25) is 0 Å². The molecule has 1 saturated carbocycles. The van der Waals surface area contributed by atoms with Crippen LogP contribution in [0.1, 0.15) is 26.2 Å². The molecule has 1 saturated heterocycles. The summed E-state index contributed by atoms with van der Waals surface area (Å²) < 4.78 is 5.50. The summed E-state index contributed by atoms with van der Waals surface area (Å²) >= 11 is 6.19. The maximum absolute atomic E-state index is 6.19. The Morgan fingerprint density at radius 1 is 1.39 bits per heavy atom. The van der Waals surface area contributed by atoms with Crippen LogP contribution in [0.5, 0.6) is 5.75 Å². The average Bonchev–Trinajstić information content (AvgIpc) is 3.42. The maximum Gasteiger partial charge on any atom is 0.191 e. The molecule has 8 heteroatoms. The molecule has 3 rings (SSSR count). The fourth-order valence-electron chi connectivity index (χ4n) is 3.63. The molecule has 1 aromatic carbocycles. The number of anilines is 1. The number of benzene rings is 1. The summed E-state index contributed by atoms with van der Waals surface area (Å²) in [6.07, 6.45) is 3.71. The molecule has 0 aromatic heterocycles. The van der Waals surface area contributed by atoms with E-state index in [2.05, 4.69) is 39.4 Å². The third-order valence-corrected chi connectivity index (χ3v) is 5.85. The zero-order valence-corrected chi connectivity index (χ0v) is 20.3.